The predicted molar refractivity (Wildman–Crippen MR) is 119 cm³/mol. The molecule has 26 heavy (non-hydrogen) atoms. The zero-order valence-corrected chi connectivity index (χ0v) is 19.0. The van der Waals surface area contributed by atoms with Crippen LogP contribution in [0.15, 0.2) is 11.2 Å². The summed E-state index contributed by atoms with van der Waals surface area (Å²) in [6.45, 7) is 0.732. The number of anilines is 1. The van der Waals surface area contributed by atoms with E-state index in [1.54, 1.807) is 0 Å². The number of nitrogens with one attached hydrogen (secondary N) is 2. The van der Waals surface area contributed by atoms with Gasteiger partial charge in [-0.25, -0.2) is 4.98 Å². The van der Waals surface area contributed by atoms with E-state index in [-0.39, 0.29) is 24.0 Å². The molecule has 3 atom stereocenters. The number of hydrogen-bond donors (Lipinski definition) is 2. The highest BCUT2D eigenvalue weighted by Gasteiger charge is 2.32. The number of guanidine groups is 1. The summed E-state index contributed by atoms with van der Waals surface area (Å²) in [4.78, 5) is 10.9. The summed E-state index contributed by atoms with van der Waals surface area (Å²) in [7, 11) is 7.94. The highest BCUT2D eigenvalue weighted by atomic mass is 127. The van der Waals surface area contributed by atoms with E-state index in [4.69, 9.17) is 0 Å². The maximum Gasteiger partial charge on any atom is 0.204 e. The monoisotopic (exact) mass is 474 g/mol. The Morgan fingerprint density at radius 3 is 2.62 bits per heavy atom. The molecule has 7 heteroatoms. The molecule has 0 spiro atoms. The van der Waals surface area contributed by atoms with Crippen LogP contribution in [-0.2, 0) is 13.6 Å². The molecule has 3 unspecified atom stereocenters. The first kappa shape index (κ1) is 21.3. The minimum atomic E-state index is 0. The van der Waals surface area contributed by atoms with Crippen molar-refractivity contribution in [1.29, 1.82) is 0 Å². The van der Waals surface area contributed by atoms with Crippen molar-refractivity contribution < 1.29 is 0 Å². The van der Waals surface area contributed by atoms with Gasteiger partial charge in [0.05, 0.1) is 18.4 Å². The van der Waals surface area contributed by atoms with Crippen molar-refractivity contribution in [2.24, 2.45) is 23.9 Å². The van der Waals surface area contributed by atoms with Crippen molar-refractivity contribution in [1.82, 2.24) is 20.2 Å². The van der Waals surface area contributed by atoms with E-state index in [1.165, 1.54) is 44.9 Å². The van der Waals surface area contributed by atoms with Crippen LogP contribution in [0.1, 0.15) is 50.6 Å². The first-order valence-corrected chi connectivity index (χ1v) is 9.73. The largest absolute Gasteiger partial charge is 0.354 e. The van der Waals surface area contributed by atoms with Crippen LogP contribution in [0.25, 0.3) is 0 Å². The van der Waals surface area contributed by atoms with Crippen LogP contribution < -0.4 is 15.5 Å². The van der Waals surface area contributed by atoms with Crippen molar-refractivity contribution in [3.05, 3.63) is 11.9 Å². The fourth-order valence-electron chi connectivity index (χ4n) is 4.58. The molecule has 3 rings (SSSR count). The van der Waals surface area contributed by atoms with Crippen LogP contribution in [0.4, 0.5) is 5.95 Å². The van der Waals surface area contributed by atoms with Gasteiger partial charge in [-0.2, -0.15) is 0 Å². The molecule has 0 bridgehead atoms. The Bertz CT molecular complexity index is 597. The average molecular weight is 474 g/mol. The van der Waals surface area contributed by atoms with E-state index in [0.29, 0.717) is 6.04 Å². The molecule has 0 saturated heterocycles. The number of aromatic nitrogens is 2. The third-order valence-corrected chi connectivity index (χ3v) is 6.00. The van der Waals surface area contributed by atoms with Crippen LogP contribution in [-0.4, -0.2) is 42.7 Å². The zero-order chi connectivity index (χ0) is 17.8. The molecule has 1 aromatic rings. The highest BCUT2D eigenvalue weighted by molar-refractivity contribution is 14.0. The van der Waals surface area contributed by atoms with Gasteiger partial charge in [0.15, 0.2) is 5.96 Å². The van der Waals surface area contributed by atoms with E-state index in [2.05, 4.69) is 32.2 Å². The van der Waals surface area contributed by atoms with Crippen LogP contribution >= 0.6 is 24.0 Å². The van der Waals surface area contributed by atoms with Crippen molar-refractivity contribution in [2.75, 3.05) is 26.0 Å². The van der Waals surface area contributed by atoms with Crippen molar-refractivity contribution in [3.8, 4) is 0 Å². The summed E-state index contributed by atoms with van der Waals surface area (Å²) in [5.74, 6) is 3.79. The molecule has 1 heterocycles. The van der Waals surface area contributed by atoms with Gasteiger partial charge in [-0.05, 0) is 31.1 Å². The van der Waals surface area contributed by atoms with E-state index in [0.717, 1.165) is 36.0 Å². The number of aliphatic imine (C=N–C) groups is 1. The number of halogens is 1. The molecular formula is C19H35IN6. The predicted octanol–water partition coefficient (Wildman–Crippen LogP) is 3.13. The molecule has 2 saturated carbocycles. The molecule has 0 aromatic carbocycles. The normalized spacial score (nSPS) is 25.8. The summed E-state index contributed by atoms with van der Waals surface area (Å²) in [6.07, 6.45) is 11.7. The van der Waals surface area contributed by atoms with Crippen LogP contribution in [0.5, 0.6) is 0 Å². The van der Waals surface area contributed by atoms with Gasteiger partial charge in [0.1, 0.15) is 0 Å². The highest BCUT2D eigenvalue weighted by Crippen LogP contribution is 2.40. The maximum absolute atomic E-state index is 4.47. The topological polar surface area (TPSA) is 57.5 Å². The van der Waals surface area contributed by atoms with Gasteiger partial charge in [-0.3, -0.25) is 4.99 Å². The number of rotatable bonds is 4. The van der Waals surface area contributed by atoms with Gasteiger partial charge in [-0.15, -0.1) is 24.0 Å². The second-order valence-electron chi connectivity index (χ2n) is 7.89. The molecule has 148 valence electrons. The Morgan fingerprint density at radius 1 is 1.23 bits per heavy atom. The molecule has 2 aliphatic carbocycles. The number of imidazole rings is 1. The second-order valence-corrected chi connectivity index (χ2v) is 7.89. The van der Waals surface area contributed by atoms with Crippen LogP contribution in [0.2, 0.25) is 0 Å². The van der Waals surface area contributed by atoms with Gasteiger partial charge >= 0.3 is 0 Å². The van der Waals surface area contributed by atoms with Crippen LogP contribution in [0, 0.1) is 11.8 Å². The third-order valence-electron chi connectivity index (χ3n) is 6.00. The lowest BCUT2D eigenvalue weighted by Gasteiger charge is -2.39. The second kappa shape index (κ2) is 9.80. The number of fused-ring (bicyclic) bond motifs is 1. The molecule has 0 amide bonds. The van der Waals surface area contributed by atoms with Gasteiger partial charge in [0.2, 0.25) is 5.95 Å². The van der Waals surface area contributed by atoms with E-state index in [1.807, 2.05) is 32.2 Å². The summed E-state index contributed by atoms with van der Waals surface area (Å²) >= 11 is 0. The minimum absolute atomic E-state index is 0. The van der Waals surface area contributed by atoms with Crippen molar-refractivity contribution in [3.63, 3.8) is 0 Å². The number of nitrogens with zero attached hydrogens (tertiary/aromatic N) is 4. The van der Waals surface area contributed by atoms with Gasteiger partial charge in [-0.1, -0.05) is 25.7 Å². The summed E-state index contributed by atoms with van der Waals surface area (Å²) in [5.41, 5.74) is 1.16. The summed E-state index contributed by atoms with van der Waals surface area (Å²) in [6, 6.07) is 0.564. The Labute approximate surface area is 175 Å². The molecular weight excluding hydrogens is 439 g/mol. The lowest BCUT2D eigenvalue weighted by atomic mass is 9.69. The standard InChI is InChI=1S/C19H34N6.HI/c1-20-18(21-12-17-13-22-19(24(2)3)25(17)4)23-16-10-9-14-7-5-6-8-15(14)11-16;/h13-16H,5-12H2,1-4H3,(H2,20,21,23);1H. The molecule has 2 N–H and O–H groups in total. The lowest BCUT2D eigenvalue weighted by molar-refractivity contribution is 0.150. The summed E-state index contributed by atoms with van der Waals surface area (Å²) in [5, 5.41) is 7.11. The summed E-state index contributed by atoms with van der Waals surface area (Å²) < 4.78 is 2.12. The molecule has 0 aliphatic heterocycles. The fourth-order valence-corrected chi connectivity index (χ4v) is 4.58. The van der Waals surface area contributed by atoms with Crippen molar-refractivity contribution >= 4 is 35.9 Å². The first-order chi connectivity index (χ1) is 12.1. The zero-order valence-electron chi connectivity index (χ0n) is 16.7. The molecule has 2 aliphatic rings. The molecule has 0 radical (unpaired) electrons. The third kappa shape index (κ3) is 5.04. The molecule has 1 aromatic heterocycles. The van der Waals surface area contributed by atoms with E-state index >= 15 is 0 Å². The van der Waals surface area contributed by atoms with Crippen molar-refractivity contribution in [2.45, 2.75) is 57.5 Å². The van der Waals surface area contributed by atoms with Gasteiger partial charge in [0, 0.05) is 34.2 Å². The van der Waals surface area contributed by atoms with Gasteiger partial charge in [0.25, 0.3) is 0 Å². The Kier molecular flexibility index (Phi) is 8.04. The van der Waals surface area contributed by atoms with Gasteiger partial charge < -0.3 is 20.1 Å². The molecule has 6 nitrogen and oxygen atoms in total. The lowest BCUT2D eigenvalue weighted by Crippen LogP contribution is -2.46. The fraction of sp³-hybridized carbons (Fsp3) is 0.789. The quantitative estimate of drug-likeness (QED) is 0.400. The Balaban J connectivity index is 0.00000243. The minimum Gasteiger partial charge on any atom is -0.354 e. The Hall–Kier alpha value is -0.990. The van der Waals surface area contributed by atoms with Crippen LogP contribution in [0.3, 0.4) is 0 Å². The average Bonchev–Trinajstić information content (AvgIpc) is 2.99. The number of hydrogen-bond acceptors (Lipinski definition) is 3. The smallest absolute Gasteiger partial charge is 0.204 e. The SMILES string of the molecule is CN=C(NCc1cnc(N(C)C)n1C)NC1CCC2CCCCC2C1.I. The first-order valence-electron chi connectivity index (χ1n) is 9.73. The molecule has 2 fully saturated rings. The van der Waals surface area contributed by atoms with E-state index < -0.39 is 0 Å². The maximum atomic E-state index is 4.47. The van der Waals surface area contributed by atoms with E-state index in [9.17, 15) is 0 Å². The Morgan fingerprint density at radius 2 is 1.96 bits per heavy atom.